The first-order chi connectivity index (χ1) is 31.3. The normalized spacial score (nSPS) is 12.9. The van der Waals surface area contributed by atoms with Crippen LogP contribution in [0, 0.1) is 0 Å². The summed E-state index contributed by atoms with van der Waals surface area (Å²) in [5.74, 6) is 0.726. The molecule has 12 aromatic rings. The van der Waals surface area contributed by atoms with E-state index < -0.39 is 13.3 Å². The molecule has 294 valence electrons. The molecule has 1 aliphatic rings. The van der Waals surface area contributed by atoms with E-state index in [0.29, 0.717) is 0 Å². The van der Waals surface area contributed by atoms with Crippen LogP contribution in [-0.2, 0) is 0 Å². The van der Waals surface area contributed by atoms with Crippen molar-refractivity contribution in [3.63, 3.8) is 0 Å². The molecule has 0 atom stereocenters. The van der Waals surface area contributed by atoms with E-state index in [0.717, 1.165) is 45.2 Å². The Hall–Kier alpha value is -7.80. The van der Waals surface area contributed by atoms with E-state index in [4.69, 9.17) is 9.97 Å². The van der Waals surface area contributed by atoms with Gasteiger partial charge in [-0.05, 0) is 18.2 Å². The summed E-state index contributed by atoms with van der Waals surface area (Å²) in [6.07, 6.45) is 0. The van der Waals surface area contributed by atoms with Gasteiger partial charge in [-0.2, -0.15) is 0 Å². The molecule has 0 spiro atoms. The molecular weight excluding hydrogens is 825 g/mol. The molecule has 0 bridgehead atoms. The van der Waals surface area contributed by atoms with Crippen molar-refractivity contribution in [3.05, 3.63) is 231 Å². The first-order valence-electron chi connectivity index (χ1n) is 21.6. The van der Waals surface area contributed by atoms with E-state index in [1.54, 1.807) is 0 Å². The Morgan fingerprint density at radius 1 is 0.333 bits per heavy atom. The van der Waals surface area contributed by atoms with Gasteiger partial charge in [-0.1, -0.05) is 42.5 Å². The van der Waals surface area contributed by atoms with Gasteiger partial charge in [0, 0.05) is 16.5 Å². The molecule has 9 aromatic carbocycles. The van der Waals surface area contributed by atoms with Gasteiger partial charge in [-0.25, -0.2) is 0 Å². The fourth-order valence-electron chi connectivity index (χ4n) is 10.6. The van der Waals surface area contributed by atoms with Crippen molar-refractivity contribution in [3.8, 4) is 45.3 Å². The van der Waals surface area contributed by atoms with Crippen molar-refractivity contribution in [1.29, 1.82) is 0 Å². The zero-order valence-corrected chi connectivity index (χ0v) is 36.3. The van der Waals surface area contributed by atoms with Crippen molar-refractivity contribution in [2.45, 2.75) is 0 Å². The number of hydrogen-bond donors (Lipinski definition) is 0. The van der Waals surface area contributed by atoms with Gasteiger partial charge in [0.05, 0.1) is 5.52 Å². The summed E-state index contributed by atoms with van der Waals surface area (Å²) in [7, 11) is 0. The molecule has 0 radical (unpaired) electrons. The van der Waals surface area contributed by atoms with Gasteiger partial charge >= 0.3 is 282 Å². The Morgan fingerprint density at radius 3 is 1.41 bits per heavy atom. The van der Waals surface area contributed by atoms with Crippen LogP contribution >= 0.6 is 0 Å². The van der Waals surface area contributed by atoms with Gasteiger partial charge in [-0.15, -0.1) is 0 Å². The van der Waals surface area contributed by atoms with Gasteiger partial charge in [-0.3, -0.25) is 0 Å². The molecule has 0 saturated heterocycles. The van der Waals surface area contributed by atoms with Crippen LogP contribution in [0.25, 0.3) is 88.9 Å². The number of benzene rings is 9. The second-order valence-corrected chi connectivity index (χ2v) is 24.2. The number of nitrogens with zero attached hydrogens (tertiary/aromatic N) is 4. The summed E-state index contributed by atoms with van der Waals surface area (Å²) < 4.78 is 10.3. The van der Waals surface area contributed by atoms with Crippen LogP contribution in [0.15, 0.2) is 231 Å². The van der Waals surface area contributed by atoms with Crippen molar-refractivity contribution in [2.75, 3.05) is 0 Å². The average Bonchev–Trinajstić information content (AvgIpc) is 3.98. The van der Waals surface area contributed by atoms with E-state index in [1.807, 2.05) is 0 Å². The number of para-hydroxylation sites is 3. The third-order valence-corrected chi connectivity index (χ3v) is 23.4. The number of fused-ring (bicyclic) bond motifs is 9. The zero-order chi connectivity index (χ0) is 41.5. The molecule has 63 heavy (non-hydrogen) atoms. The van der Waals surface area contributed by atoms with Gasteiger partial charge in [0.1, 0.15) is 0 Å². The summed E-state index contributed by atoms with van der Waals surface area (Å²) in [6, 6.07) is 84.0. The van der Waals surface area contributed by atoms with Crippen LogP contribution in [-0.4, -0.2) is 32.4 Å². The van der Waals surface area contributed by atoms with Crippen LogP contribution in [0.2, 0.25) is 0 Å². The zero-order valence-electron chi connectivity index (χ0n) is 34.2. The molecule has 0 aliphatic carbocycles. The molecule has 3 aromatic heterocycles. The quantitative estimate of drug-likeness (QED) is 0.156. The maximum absolute atomic E-state index is 5.63. The minimum atomic E-state index is -3.64. The predicted molar refractivity (Wildman–Crippen MR) is 264 cm³/mol. The minimum absolute atomic E-state index is 0.726. The van der Waals surface area contributed by atoms with E-state index >= 15 is 0 Å². The van der Waals surface area contributed by atoms with Crippen molar-refractivity contribution in [2.24, 2.45) is 0 Å². The fourth-order valence-corrected chi connectivity index (χ4v) is 21.6. The third kappa shape index (κ3) is 5.28. The van der Waals surface area contributed by atoms with Crippen LogP contribution in [0.4, 0.5) is 0 Å². The van der Waals surface area contributed by atoms with Gasteiger partial charge in [0.25, 0.3) is 0 Å². The van der Waals surface area contributed by atoms with E-state index in [1.165, 1.54) is 61.2 Å². The van der Waals surface area contributed by atoms with Crippen molar-refractivity contribution >= 4 is 74.5 Å². The van der Waals surface area contributed by atoms with Crippen molar-refractivity contribution in [1.82, 2.24) is 19.1 Å². The summed E-state index contributed by atoms with van der Waals surface area (Å²) in [4.78, 5) is 11.2. The Labute approximate surface area is 367 Å². The second-order valence-electron chi connectivity index (χ2n) is 16.5. The van der Waals surface area contributed by atoms with E-state index in [2.05, 4.69) is 240 Å². The van der Waals surface area contributed by atoms with Crippen LogP contribution in [0.1, 0.15) is 0 Å². The molecule has 13 rings (SSSR count). The predicted octanol–water partition coefficient (Wildman–Crippen LogP) is 11.4. The summed E-state index contributed by atoms with van der Waals surface area (Å²) in [6.45, 7) is 0. The Balaban J connectivity index is 1.03. The molecule has 4 heterocycles. The van der Waals surface area contributed by atoms with Gasteiger partial charge < -0.3 is 4.57 Å². The summed E-state index contributed by atoms with van der Waals surface area (Å²) in [5.41, 5.74) is 12.3. The molecule has 5 heteroatoms. The van der Waals surface area contributed by atoms with Crippen LogP contribution in [0.5, 0.6) is 0 Å². The molecule has 0 unspecified atom stereocenters. The number of rotatable bonds is 6. The Bertz CT molecular complexity index is 3670. The van der Waals surface area contributed by atoms with Crippen LogP contribution in [0.3, 0.4) is 0 Å². The van der Waals surface area contributed by atoms with Gasteiger partial charge in [0.2, 0.25) is 0 Å². The average molecular weight is 864 g/mol. The van der Waals surface area contributed by atoms with Gasteiger partial charge in [0.15, 0.2) is 0 Å². The van der Waals surface area contributed by atoms with Crippen molar-refractivity contribution < 1.29 is 0 Å². The van der Waals surface area contributed by atoms with Crippen LogP contribution < -0.4 is 17.6 Å². The molecule has 1 aliphatic heterocycles. The number of aromatic nitrogens is 4. The first kappa shape index (κ1) is 35.9. The first-order valence-corrected chi connectivity index (χ1v) is 25.8. The second kappa shape index (κ2) is 14.1. The maximum atomic E-state index is 5.63. The Morgan fingerprint density at radius 2 is 0.810 bits per heavy atom. The fraction of sp³-hybridized carbons (Fsp3) is 0. The molecule has 4 nitrogen and oxygen atoms in total. The SMILES string of the molecule is c1ccc(-c2nc(-c3ccc(-n4c5ccccc5c5cc6c7ccccc7n(-c7ccccc7)c6cc54)cc3)nc3[c]2[Ge]([c]2ccccc2)([c]2ccccc2)[c]2ccccc2-3)cc1. The Kier molecular flexibility index (Phi) is 8.05. The van der Waals surface area contributed by atoms with E-state index in [-0.39, 0.29) is 0 Å². The molecular formula is C58H38GeN4. The summed E-state index contributed by atoms with van der Waals surface area (Å²) in [5, 5.41) is 4.96. The standard InChI is InChI=1S/C58H38GeN4/c1-5-19-39(20-6-1)56-55-57(47-29-13-16-30-50(47)59(55,41-21-7-2-8-22-41)42-23-9-3-10-24-42)61-58(60-56)40-33-35-44(36-34-40)63-52-32-18-15-28-46(52)49-37-48-45-27-14-17-31-51(45)62(53(48)38-54(49)63)43-25-11-4-12-26-43/h1-38H. The van der Waals surface area contributed by atoms with E-state index in [9.17, 15) is 0 Å². The molecule has 0 fully saturated rings. The molecule has 0 amide bonds. The number of hydrogen-bond acceptors (Lipinski definition) is 2. The molecule has 0 N–H and O–H groups in total. The molecule has 0 saturated carbocycles. The summed E-state index contributed by atoms with van der Waals surface area (Å²) >= 11 is -3.64. The topological polar surface area (TPSA) is 35.6 Å². The monoisotopic (exact) mass is 864 g/mol. The third-order valence-electron chi connectivity index (χ3n) is 13.2.